The van der Waals surface area contributed by atoms with E-state index < -0.39 is 12.1 Å². The minimum Gasteiger partial charge on any atom is -0.462 e. The molecule has 0 fully saturated rings. The molecule has 0 spiro atoms. The summed E-state index contributed by atoms with van der Waals surface area (Å²) in [6.45, 7) is 6.50. The van der Waals surface area contributed by atoms with E-state index in [1.54, 1.807) is 0 Å². The Balaban J connectivity index is 4.28. The van der Waals surface area contributed by atoms with Crippen LogP contribution in [-0.4, -0.2) is 37.2 Å². The second kappa shape index (κ2) is 65.6. The molecule has 6 nitrogen and oxygen atoms in total. The number of carbonyl (C=O) groups is 3. The first-order valence-corrected chi connectivity index (χ1v) is 33.8. The molecule has 0 N–H and O–H groups in total. The van der Waals surface area contributed by atoms with Gasteiger partial charge in [0.1, 0.15) is 13.2 Å². The molecule has 0 aromatic carbocycles. The number of ether oxygens (including phenoxy) is 3. The molecule has 6 heteroatoms. The molecule has 0 saturated carbocycles. The summed E-state index contributed by atoms with van der Waals surface area (Å²) in [4.78, 5) is 38.3. The van der Waals surface area contributed by atoms with E-state index in [0.717, 1.165) is 70.6 Å². The molecule has 1 atom stereocenters. The molecular weight excluding hydrogens is 949 g/mol. The molecule has 0 aliphatic carbocycles. The van der Waals surface area contributed by atoms with Crippen LogP contribution in [0.2, 0.25) is 0 Å². The van der Waals surface area contributed by atoms with Gasteiger partial charge in [0.15, 0.2) is 6.10 Å². The van der Waals surface area contributed by atoms with Crippen LogP contribution in [0.25, 0.3) is 0 Å². The molecule has 0 aromatic heterocycles. The maximum atomic E-state index is 12.9. The van der Waals surface area contributed by atoms with Crippen LogP contribution in [0, 0.1) is 0 Å². The third-order valence-corrected chi connectivity index (χ3v) is 15.1. The second-order valence-corrected chi connectivity index (χ2v) is 22.7. The molecule has 0 radical (unpaired) electrons. The molecule has 1 unspecified atom stereocenters. The van der Waals surface area contributed by atoms with Gasteiger partial charge in [0.2, 0.25) is 0 Å². The first kappa shape index (κ1) is 74.1. The Kier molecular flexibility index (Phi) is 63.2. The van der Waals surface area contributed by atoms with Gasteiger partial charge in [0.05, 0.1) is 6.42 Å². The Bertz CT molecular complexity index is 1380. The molecule has 0 bridgehead atoms. The Labute approximate surface area is 479 Å². The Morgan fingerprint density at radius 2 is 0.506 bits per heavy atom. The summed E-state index contributed by atoms with van der Waals surface area (Å²) in [5, 5.41) is 0. The summed E-state index contributed by atoms with van der Waals surface area (Å²) in [5.41, 5.74) is 0. The van der Waals surface area contributed by atoms with E-state index >= 15 is 0 Å². The van der Waals surface area contributed by atoms with Crippen molar-refractivity contribution in [1.29, 1.82) is 0 Å². The van der Waals surface area contributed by atoms with Gasteiger partial charge < -0.3 is 14.2 Å². The molecule has 0 rings (SSSR count). The molecule has 0 aliphatic heterocycles. The van der Waals surface area contributed by atoms with Crippen molar-refractivity contribution in [2.75, 3.05) is 13.2 Å². The van der Waals surface area contributed by atoms with Crippen molar-refractivity contribution >= 4 is 17.9 Å². The zero-order chi connectivity index (χ0) is 55.7. The van der Waals surface area contributed by atoms with E-state index in [1.165, 1.54) is 244 Å². The topological polar surface area (TPSA) is 78.9 Å². The molecule has 0 aliphatic rings. The van der Waals surface area contributed by atoms with Gasteiger partial charge in [-0.2, -0.15) is 0 Å². The van der Waals surface area contributed by atoms with E-state index in [4.69, 9.17) is 14.2 Å². The van der Waals surface area contributed by atoms with Crippen molar-refractivity contribution in [3.8, 4) is 0 Å². The number of unbranched alkanes of at least 4 members (excludes halogenated alkanes) is 42. The number of rotatable bonds is 62. The lowest BCUT2D eigenvalue weighted by molar-refractivity contribution is -0.166. The highest BCUT2D eigenvalue weighted by molar-refractivity contribution is 5.72. The normalized spacial score (nSPS) is 12.4. The zero-order valence-electron chi connectivity index (χ0n) is 51.5. The number of carbonyl (C=O) groups excluding carboxylic acids is 3. The predicted octanol–water partition coefficient (Wildman–Crippen LogP) is 23.1. The highest BCUT2D eigenvalue weighted by atomic mass is 16.6. The quantitative estimate of drug-likeness (QED) is 0.0261. The van der Waals surface area contributed by atoms with E-state index in [0.29, 0.717) is 12.8 Å². The minimum absolute atomic E-state index is 0.0991. The van der Waals surface area contributed by atoms with Gasteiger partial charge in [-0.25, -0.2) is 0 Å². The Morgan fingerprint density at radius 1 is 0.273 bits per heavy atom. The molecule has 77 heavy (non-hydrogen) atoms. The highest BCUT2D eigenvalue weighted by Crippen LogP contribution is 2.18. The fourth-order valence-corrected chi connectivity index (χ4v) is 10.1. The highest BCUT2D eigenvalue weighted by Gasteiger charge is 2.19. The maximum absolute atomic E-state index is 12.9. The summed E-state index contributed by atoms with van der Waals surface area (Å²) in [5.74, 6) is -1.01. The number of hydrogen-bond acceptors (Lipinski definition) is 6. The first-order valence-electron chi connectivity index (χ1n) is 33.8. The fourth-order valence-electron chi connectivity index (χ4n) is 10.1. The van der Waals surface area contributed by atoms with Crippen molar-refractivity contribution in [2.45, 2.75) is 361 Å². The lowest BCUT2D eigenvalue weighted by atomic mass is 10.0. The Morgan fingerprint density at radius 3 is 0.792 bits per heavy atom. The van der Waals surface area contributed by atoms with Crippen molar-refractivity contribution in [3.63, 3.8) is 0 Å². The molecule has 0 aromatic rings. The van der Waals surface area contributed by atoms with E-state index in [-0.39, 0.29) is 31.6 Å². The minimum atomic E-state index is -0.812. The summed E-state index contributed by atoms with van der Waals surface area (Å²) in [6.07, 6.45) is 84.2. The van der Waals surface area contributed by atoms with E-state index in [1.807, 2.05) is 12.2 Å². The van der Waals surface area contributed by atoms with Crippen molar-refractivity contribution in [2.24, 2.45) is 0 Å². The van der Waals surface area contributed by atoms with Gasteiger partial charge in [-0.15, -0.1) is 0 Å². The lowest BCUT2D eigenvalue weighted by Gasteiger charge is -2.18. The van der Waals surface area contributed by atoms with E-state index in [2.05, 4.69) is 69.4 Å². The molecule has 0 heterocycles. The van der Waals surface area contributed by atoms with Gasteiger partial charge >= 0.3 is 17.9 Å². The summed E-state index contributed by atoms with van der Waals surface area (Å²) >= 11 is 0. The number of esters is 3. The largest absolute Gasteiger partial charge is 0.462 e. The first-order chi connectivity index (χ1) is 38.0. The van der Waals surface area contributed by atoms with Gasteiger partial charge in [0, 0.05) is 12.8 Å². The van der Waals surface area contributed by atoms with Crippen LogP contribution < -0.4 is 0 Å². The monoisotopic (exact) mass is 1080 g/mol. The molecule has 0 saturated heterocycles. The van der Waals surface area contributed by atoms with E-state index in [9.17, 15) is 14.4 Å². The zero-order valence-corrected chi connectivity index (χ0v) is 51.5. The van der Waals surface area contributed by atoms with Crippen LogP contribution >= 0.6 is 0 Å². The SMILES string of the molecule is CC/C=C\C/C=C\C/C=C\C/C=C\C/C=C\CC(=O)OCC(COC(=O)CCCCCCCCCCCCCCCCCCCCCCCCCCCCC)OC(=O)CCCCCCCCCCCCCCCCCCC. The van der Waals surface area contributed by atoms with Crippen LogP contribution in [0.5, 0.6) is 0 Å². The summed E-state index contributed by atoms with van der Waals surface area (Å²) in [7, 11) is 0. The summed E-state index contributed by atoms with van der Waals surface area (Å²) < 4.78 is 16.8. The third-order valence-electron chi connectivity index (χ3n) is 15.1. The average molecular weight is 1080 g/mol. The number of allylic oxidation sites excluding steroid dienone is 9. The smallest absolute Gasteiger partial charge is 0.309 e. The van der Waals surface area contributed by atoms with Crippen LogP contribution in [0.15, 0.2) is 60.8 Å². The van der Waals surface area contributed by atoms with Crippen molar-refractivity contribution in [1.82, 2.24) is 0 Å². The van der Waals surface area contributed by atoms with Crippen LogP contribution in [0.4, 0.5) is 0 Å². The molecule has 448 valence electrons. The number of hydrogen-bond donors (Lipinski definition) is 0. The van der Waals surface area contributed by atoms with Gasteiger partial charge in [-0.3, -0.25) is 14.4 Å². The third kappa shape index (κ3) is 63.8. The van der Waals surface area contributed by atoms with Crippen LogP contribution in [-0.2, 0) is 28.6 Å². The second-order valence-electron chi connectivity index (χ2n) is 22.7. The predicted molar refractivity (Wildman–Crippen MR) is 335 cm³/mol. The van der Waals surface area contributed by atoms with Crippen LogP contribution in [0.1, 0.15) is 355 Å². The lowest BCUT2D eigenvalue weighted by Crippen LogP contribution is -2.30. The summed E-state index contributed by atoms with van der Waals surface area (Å²) in [6, 6.07) is 0. The Hall–Kier alpha value is -2.89. The fraction of sp³-hybridized carbons (Fsp3) is 0.817. The van der Waals surface area contributed by atoms with Gasteiger partial charge in [-0.05, 0) is 44.9 Å². The van der Waals surface area contributed by atoms with Crippen molar-refractivity contribution in [3.05, 3.63) is 60.8 Å². The van der Waals surface area contributed by atoms with Gasteiger partial charge in [-0.1, -0.05) is 351 Å². The van der Waals surface area contributed by atoms with Crippen molar-refractivity contribution < 1.29 is 28.6 Å². The molecule has 0 amide bonds. The van der Waals surface area contributed by atoms with Gasteiger partial charge in [0.25, 0.3) is 0 Å². The average Bonchev–Trinajstić information content (AvgIpc) is 3.43. The standard InChI is InChI=1S/C71H128O6/c1-4-7-10-13-16-19-22-25-28-30-31-32-33-34-35-36-37-38-39-41-43-46-49-52-55-58-61-64-70(73)76-67-68(66-75-69(72)63-60-57-54-51-48-45-42-27-24-21-18-15-12-9-6-3)77-71(74)65-62-59-56-53-50-47-44-40-29-26-23-20-17-14-11-8-5-2/h9,12,18,21,27,42,48,51,57,60,68H,4-8,10-11,13-17,19-20,22-26,28-41,43-47,49-50,52-56,58-59,61-67H2,1-3H3/b12-9-,21-18-,42-27-,51-48-,60-57-. The van der Waals surface area contributed by atoms with Crippen LogP contribution in [0.3, 0.4) is 0 Å². The maximum Gasteiger partial charge on any atom is 0.309 e. The molecular formula is C71H128O6.